The predicted octanol–water partition coefficient (Wildman–Crippen LogP) is 2.75. The lowest BCUT2D eigenvalue weighted by atomic mass is 10.1. The van der Waals surface area contributed by atoms with E-state index in [9.17, 15) is 0 Å². The summed E-state index contributed by atoms with van der Waals surface area (Å²) in [5.74, 6) is 1.98. The number of rotatable bonds is 9. The molecule has 26 heavy (non-hydrogen) atoms. The van der Waals surface area contributed by atoms with Gasteiger partial charge in [0, 0.05) is 25.2 Å². The van der Waals surface area contributed by atoms with E-state index in [1.54, 1.807) is 7.11 Å². The number of hydrogen-bond donors (Lipinski definition) is 1. The standard InChI is InChI=1S/C20H24N4O2/c1-25-18-9-7-17(8-10-18)20-22-19(26-23-20)15-24(14-12-21)13-11-16-5-3-2-4-6-16/h2-10H,11-15,21H2,1H3. The van der Waals surface area contributed by atoms with E-state index < -0.39 is 0 Å². The molecule has 6 heteroatoms. The summed E-state index contributed by atoms with van der Waals surface area (Å²) in [6, 6.07) is 18.0. The Hall–Kier alpha value is -2.70. The van der Waals surface area contributed by atoms with Gasteiger partial charge in [0.05, 0.1) is 13.7 Å². The number of methoxy groups -OCH3 is 1. The summed E-state index contributed by atoms with van der Waals surface area (Å²) < 4.78 is 10.6. The third-order valence-electron chi connectivity index (χ3n) is 4.18. The zero-order chi connectivity index (χ0) is 18.2. The van der Waals surface area contributed by atoms with Crippen molar-refractivity contribution in [1.29, 1.82) is 0 Å². The molecular formula is C20H24N4O2. The normalized spacial score (nSPS) is 11.0. The smallest absolute Gasteiger partial charge is 0.241 e. The van der Waals surface area contributed by atoms with Crippen LogP contribution in [0, 0.1) is 0 Å². The Kier molecular flexibility index (Phi) is 6.35. The van der Waals surface area contributed by atoms with Crippen molar-refractivity contribution < 1.29 is 9.26 Å². The number of aromatic nitrogens is 2. The largest absolute Gasteiger partial charge is 0.497 e. The lowest BCUT2D eigenvalue weighted by molar-refractivity contribution is 0.234. The molecule has 136 valence electrons. The molecule has 0 aliphatic carbocycles. The minimum absolute atomic E-state index is 0.582. The van der Waals surface area contributed by atoms with Gasteiger partial charge in [0.2, 0.25) is 11.7 Å². The molecule has 0 atom stereocenters. The molecular weight excluding hydrogens is 328 g/mol. The van der Waals surface area contributed by atoms with Crippen LogP contribution in [0.25, 0.3) is 11.4 Å². The van der Waals surface area contributed by atoms with Crippen molar-refractivity contribution in [3.63, 3.8) is 0 Å². The van der Waals surface area contributed by atoms with Gasteiger partial charge in [-0.25, -0.2) is 0 Å². The Labute approximate surface area is 153 Å². The molecule has 2 aromatic carbocycles. The first-order valence-electron chi connectivity index (χ1n) is 8.72. The van der Waals surface area contributed by atoms with E-state index in [4.69, 9.17) is 15.0 Å². The highest BCUT2D eigenvalue weighted by atomic mass is 16.5. The Morgan fingerprint density at radius 2 is 1.81 bits per heavy atom. The SMILES string of the molecule is COc1ccc(-c2noc(CN(CCN)CCc3ccccc3)n2)cc1. The topological polar surface area (TPSA) is 77.4 Å². The number of nitrogens with zero attached hydrogens (tertiary/aromatic N) is 3. The Morgan fingerprint density at radius 1 is 1.04 bits per heavy atom. The average molecular weight is 352 g/mol. The van der Waals surface area contributed by atoms with Gasteiger partial charge in [0.1, 0.15) is 5.75 Å². The molecule has 0 radical (unpaired) electrons. The number of benzene rings is 2. The highest BCUT2D eigenvalue weighted by Gasteiger charge is 2.13. The average Bonchev–Trinajstić information content (AvgIpc) is 3.16. The molecule has 3 aromatic rings. The van der Waals surface area contributed by atoms with Crippen molar-refractivity contribution >= 4 is 0 Å². The predicted molar refractivity (Wildman–Crippen MR) is 101 cm³/mol. The van der Waals surface area contributed by atoms with Crippen LogP contribution >= 0.6 is 0 Å². The minimum Gasteiger partial charge on any atom is -0.497 e. The summed E-state index contributed by atoms with van der Waals surface area (Å²) >= 11 is 0. The first-order chi connectivity index (χ1) is 12.8. The summed E-state index contributed by atoms with van der Waals surface area (Å²) in [7, 11) is 1.64. The van der Waals surface area contributed by atoms with Gasteiger partial charge in [-0.1, -0.05) is 35.5 Å². The van der Waals surface area contributed by atoms with Crippen molar-refractivity contribution in [1.82, 2.24) is 15.0 Å². The van der Waals surface area contributed by atoms with Gasteiger partial charge in [-0.05, 0) is 36.2 Å². The van der Waals surface area contributed by atoms with Crippen LogP contribution in [0.5, 0.6) is 5.75 Å². The molecule has 6 nitrogen and oxygen atoms in total. The Morgan fingerprint density at radius 3 is 2.50 bits per heavy atom. The van der Waals surface area contributed by atoms with Crippen LogP contribution in [0.15, 0.2) is 59.1 Å². The molecule has 1 aromatic heterocycles. The second-order valence-electron chi connectivity index (χ2n) is 6.04. The lowest BCUT2D eigenvalue weighted by Gasteiger charge is -2.19. The van der Waals surface area contributed by atoms with E-state index >= 15 is 0 Å². The molecule has 0 saturated heterocycles. The third kappa shape index (κ3) is 4.91. The van der Waals surface area contributed by atoms with Crippen LogP contribution in [0.4, 0.5) is 0 Å². The second-order valence-corrected chi connectivity index (χ2v) is 6.04. The van der Waals surface area contributed by atoms with E-state index in [0.29, 0.717) is 24.8 Å². The molecule has 0 aliphatic heterocycles. The molecule has 0 aliphatic rings. The Balaban J connectivity index is 1.62. The third-order valence-corrected chi connectivity index (χ3v) is 4.18. The minimum atomic E-state index is 0.582. The van der Waals surface area contributed by atoms with Gasteiger partial charge in [-0.3, -0.25) is 4.90 Å². The van der Waals surface area contributed by atoms with E-state index in [0.717, 1.165) is 30.8 Å². The van der Waals surface area contributed by atoms with Crippen molar-refractivity contribution in [3.8, 4) is 17.1 Å². The molecule has 0 unspecified atom stereocenters. The number of nitrogens with two attached hydrogens (primary N) is 1. The Bertz CT molecular complexity index is 787. The molecule has 3 rings (SSSR count). The van der Waals surface area contributed by atoms with Crippen molar-refractivity contribution in [2.24, 2.45) is 5.73 Å². The zero-order valence-electron chi connectivity index (χ0n) is 15.0. The van der Waals surface area contributed by atoms with Crippen LogP contribution in [-0.4, -0.2) is 41.8 Å². The first kappa shape index (κ1) is 18.1. The number of hydrogen-bond acceptors (Lipinski definition) is 6. The van der Waals surface area contributed by atoms with Gasteiger partial charge < -0.3 is 15.0 Å². The fraction of sp³-hybridized carbons (Fsp3) is 0.300. The van der Waals surface area contributed by atoms with E-state index in [1.165, 1.54) is 5.56 Å². The molecule has 0 spiro atoms. The van der Waals surface area contributed by atoms with Gasteiger partial charge >= 0.3 is 0 Å². The summed E-state index contributed by atoms with van der Waals surface area (Å²) in [5.41, 5.74) is 7.96. The summed E-state index contributed by atoms with van der Waals surface area (Å²) in [4.78, 5) is 6.75. The van der Waals surface area contributed by atoms with Crippen molar-refractivity contribution in [2.75, 3.05) is 26.7 Å². The maximum atomic E-state index is 5.76. The highest BCUT2D eigenvalue weighted by molar-refractivity contribution is 5.55. The van der Waals surface area contributed by atoms with Crippen LogP contribution in [-0.2, 0) is 13.0 Å². The zero-order valence-corrected chi connectivity index (χ0v) is 15.0. The first-order valence-corrected chi connectivity index (χ1v) is 8.72. The van der Waals surface area contributed by atoms with Crippen LogP contribution in [0.3, 0.4) is 0 Å². The van der Waals surface area contributed by atoms with Gasteiger partial charge in [0.15, 0.2) is 0 Å². The quantitative estimate of drug-likeness (QED) is 0.638. The van der Waals surface area contributed by atoms with E-state index in [1.807, 2.05) is 30.3 Å². The number of ether oxygens (including phenoxy) is 1. The van der Waals surface area contributed by atoms with Crippen molar-refractivity contribution in [2.45, 2.75) is 13.0 Å². The van der Waals surface area contributed by atoms with Crippen molar-refractivity contribution in [3.05, 3.63) is 66.1 Å². The van der Waals surface area contributed by atoms with Gasteiger partial charge in [-0.2, -0.15) is 4.98 Å². The maximum absolute atomic E-state index is 5.76. The maximum Gasteiger partial charge on any atom is 0.241 e. The molecule has 0 amide bonds. The second kappa shape index (κ2) is 9.12. The van der Waals surface area contributed by atoms with Crippen LogP contribution in [0.2, 0.25) is 0 Å². The van der Waals surface area contributed by atoms with Crippen LogP contribution < -0.4 is 10.5 Å². The fourth-order valence-corrected chi connectivity index (χ4v) is 2.75. The van der Waals surface area contributed by atoms with Crippen LogP contribution in [0.1, 0.15) is 11.5 Å². The monoisotopic (exact) mass is 352 g/mol. The van der Waals surface area contributed by atoms with Gasteiger partial charge in [0.25, 0.3) is 0 Å². The fourth-order valence-electron chi connectivity index (χ4n) is 2.75. The molecule has 1 heterocycles. The lowest BCUT2D eigenvalue weighted by Crippen LogP contribution is -2.31. The summed E-state index contributed by atoms with van der Waals surface area (Å²) in [6.07, 6.45) is 0.959. The van der Waals surface area contributed by atoms with E-state index in [2.05, 4.69) is 39.3 Å². The van der Waals surface area contributed by atoms with E-state index in [-0.39, 0.29) is 0 Å². The molecule has 0 bridgehead atoms. The van der Waals surface area contributed by atoms with Gasteiger partial charge in [-0.15, -0.1) is 0 Å². The summed E-state index contributed by atoms with van der Waals surface area (Å²) in [6.45, 7) is 2.86. The highest BCUT2D eigenvalue weighted by Crippen LogP contribution is 2.20. The molecule has 2 N–H and O–H groups in total. The molecule has 0 saturated carbocycles. The molecule has 0 fully saturated rings. The summed E-state index contributed by atoms with van der Waals surface area (Å²) in [5, 5.41) is 4.09.